The van der Waals surface area contributed by atoms with E-state index in [2.05, 4.69) is 5.32 Å². The molecule has 25 heavy (non-hydrogen) atoms. The predicted molar refractivity (Wildman–Crippen MR) is 99.5 cm³/mol. The average Bonchev–Trinajstić information content (AvgIpc) is 2.66. The number of esters is 1. The van der Waals surface area contributed by atoms with E-state index in [1.807, 2.05) is 61.6 Å². The molecule has 0 spiro atoms. The van der Waals surface area contributed by atoms with Gasteiger partial charge in [0.15, 0.2) is 0 Å². The van der Waals surface area contributed by atoms with Gasteiger partial charge in [-0.25, -0.2) is 0 Å². The Morgan fingerprint density at radius 1 is 1.04 bits per heavy atom. The number of fused-ring (bicyclic) bond motifs is 1. The highest BCUT2D eigenvalue weighted by atomic mass is 16.5. The van der Waals surface area contributed by atoms with E-state index in [1.54, 1.807) is 6.07 Å². The van der Waals surface area contributed by atoms with Gasteiger partial charge in [-0.1, -0.05) is 54.6 Å². The summed E-state index contributed by atoms with van der Waals surface area (Å²) in [5.74, 6) is 0.0391. The molecule has 3 rings (SSSR count). The minimum absolute atomic E-state index is 0.0851. The predicted octanol–water partition coefficient (Wildman–Crippen LogP) is 4.04. The van der Waals surface area contributed by atoms with Gasteiger partial charge in [-0.2, -0.15) is 0 Å². The van der Waals surface area contributed by atoms with Gasteiger partial charge in [-0.3, -0.25) is 4.79 Å². The third-order valence-corrected chi connectivity index (χ3v) is 4.47. The van der Waals surface area contributed by atoms with E-state index in [9.17, 15) is 9.90 Å². The molecule has 0 amide bonds. The maximum atomic E-state index is 11.5. The summed E-state index contributed by atoms with van der Waals surface area (Å²) < 4.78 is 4.75. The third-order valence-electron chi connectivity index (χ3n) is 4.47. The fourth-order valence-corrected chi connectivity index (χ4v) is 3.07. The summed E-state index contributed by atoms with van der Waals surface area (Å²) in [4.78, 5) is 11.5. The molecular weight excluding hydrogens is 314 g/mol. The van der Waals surface area contributed by atoms with E-state index in [-0.39, 0.29) is 24.2 Å². The molecule has 3 aromatic rings. The molecule has 0 saturated heterocycles. The Bertz CT molecular complexity index is 887. The fourth-order valence-electron chi connectivity index (χ4n) is 3.07. The summed E-state index contributed by atoms with van der Waals surface area (Å²) in [6.45, 7) is 0. The summed E-state index contributed by atoms with van der Waals surface area (Å²) in [7, 11) is 3.23. The highest BCUT2D eigenvalue weighted by Crippen LogP contribution is 2.34. The Labute approximate surface area is 147 Å². The molecular formula is C21H21NO3. The quantitative estimate of drug-likeness (QED) is 0.691. The van der Waals surface area contributed by atoms with E-state index in [4.69, 9.17) is 4.74 Å². The molecule has 4 heteroatoms. The number of methoxy groups -OCH3 is 1. The van der Waals surface area contributed by atoms with Gasteiger partial charge in [-0.05, 0) is 35.2 Å². The molecule has 2 N–H and O–H groups in total. The van der Waals surface area contributed by atoms with Gasteiger partial charge in [0.25, 0.3) is 0 Å². The summed E-state index contributed by atoms with van der Waals surface area (Å²) in [6.07, 6.45) is 0.286. The van der Waals surface area contributed by atoms with Crippen LogP contribution in [0.2, 0.25) is 0 Å². The Morgan fingerprint density at radius 3 is 2.36 bits per heavy atom. The van der Waals surface area contributed by atoms with Crippen molar-refractivity contribution >= 4 is 16.7 Å². The lowest BCUT2D eigenvalue weighted by molar-refractivity contribution is -0.141. The van der Waals surface area contributed by atoms with Crippen LogP contribution in [-0.2, 0) is 9.53 Å². The van der Waals surface area contributed by atoms with Crippen molar-refractivity contribution in [3.63, 3.8) is 0 Å². The van der Waals surface area contributed by atoms with Crippen LogP contribution in [0.1, 0.15) is 18.0 Å². The van der Waals surface area contributed by atoms with Gasteiger partial charge in [0.2, 0.25) is 0 Å². The first kappa shape index (κ1) is 17.0. The molecule has 1 unspecified atom stereocenters. The first-order valence-electron chi connectivity index (χ1n) is 8.19. The van der Waals surface area contributed by atoms with Crippen molar-refractivity contribution in [3.8, 4) is 16.9 Å². The number of benzene rings is 3. The Kier molecular flexibility index (Phi) is 5.00. The zero-order valence-electron chi connectivity index (χ0n) is 14.3. The lowest BCUT2D eigenvalue weighted by atomic mass is 9.95. The third kappa shape index (κ3) is 3.49. The standard InChI is InChI=1S/C21H21NO3/c1-22-19(13-21(24)25-2)15-9-7-14(8-10-15)16-11-12-20(23)18-6-4-3-5-17(16)18/h3-12,19,22-23H,13H2,1-2H3. The van der Waals surface area contributed by atoms with Gasteiger partial charge in [-0.15, -0.1) is 0 Å². The second-order valence-electron chi connectivity index (χ2n) is 5.92. The maximum Gasteiger partial charge on any atom is 0.307 e. The number of phenolic OH excluding ortho intramolecular Hbond substituents is 1. The van der Waals surface area contributed by atoms with Crippen molar-refractivity contribution in [3.05, 3.63) is 66.2 Å². The summed E-state index contributed by atoms with van der Waals surface area (Å²) in [5.41, 5.74) is 3.15. The topological polar surface area (TPSA) is 58.6 Å². The second kappa shape index (κ2) is 7.36. The molecule has 0 saturated carbocycles. The van der Waals surface area contributed by atoms with Gasteiger partial charge in [0.05, 0.1) is 13.5 Å². The molecule has 0 radical (unpaired) electrons. The second-order valence-corrected chi connectivity index (χ2v) is 5.92. The molecule has 0 aliphatic carbocycles. The van der Waals surface area contributed by atoms with Gasteiger partial charge in [0.1, 0.15) is 5.75 Å². The van der Waals surface area contributed by atoms with Crippen LogP contribution in [0, 0.1) is 0 Å². The molecule has 0 aromatic heterocycles. The van der Waals surface area contributed by atoms with Crippen LogP contribution in [0.3, 0.4) is 0 Å². The molecule has 0 heterocycles. The van der Waals surface area contributed by atoms with Crippen molar-refractivity contribution in [2.75, 3.05) is 14.2 Å². The summed E-state index contributed by atoms with van der Waals surface area (Å²) in [5, 5.41) is 15.0. The molecule has 0 fully saturated rings. The molecule has 3 aromatic carbocycles. The number of phenols is 1. The van der Waals surface area contributed by atoms with E-state index in [0.29, 0.717) is 0 Å². The maximum absolute atomic E-state index is 11.5. The molecule has 0 aliphatic rings. The van der Waals surface area contributed by atoms with E-state index >= 15 is 0 Å². The van der Waals surface area contributed by atoms with Crippen molar-refractivity contribution < 1.29 is 14.6 Å². The number of ether oxygens (including phenoxy) is 1. The molecule has 0 bridgehead atoms. The van der Waals surface area contributed by atoms with E-state index < -0.39 is 0 Å². The molecule has 1 atom stereocenters. The summed E-state index contributed by atoms with van der Waals surface area (Å²) >= 11 is 0. The van der Waals surface area contributed by atoms with Crippen LogP contribution in [0.4, 0.5) is 0 Å². The first-order chi connectivity index (χ1) is 12.1. The molecule has 0 aliphatic heterocycles. The van der Waals surface area contributed by atoms with Crippen molar-refractivity contribution in [1.29, 1.82) is 0 Å². The lowest BCUT2D eigenvalue weighted by Crippen LogP contribution is -2.20. The SMILES string of the molecule is CNC(CC(=O)OC)c1ccc(-c2ccc(O)c3ccccc23)cc1. The summed E-state index contributed by atoms with van der Waals surface area (Å²) in [6, 6.07) is 19.5. The van der Waals surface area contributed by atoms with Crippen LogP contribution >= 0.6 is 0 Å². The Balaban J connectivity index is 1.95. The number of rotatable bonds is 5. The highest BCUT2D eigenvalue weighted by molar-refractivity contribution is 5.99. The lowest BCUT2D eigenvalue weighted by Gasteiger charge is -2.16. The van der Waals surface area contributed by atoms with Gasteiger partial charge in [0, 0.05) is 11.4 Å². The van der Waals surface area contributed by atoms with Crippen LogP contribution < -0.4 is 5.32 Å². The zero-order valence-corrected chi connectivity index (χ0v) is 14.3. The number of nitrogens with one attached hydrogen (secondary N) is 1. The fraction of sp³-hybridized carbons (Fsp3) is 0.190. The number of aromatic hydroxyl groups is 1. The number of carbonyl (C=O) groups is 1. The zero-order chi connectivity index (χ0) is 17.8. The van der Waals surface area contributed by atoms with Crippen molar-refractivity contribution in [2.45, 2.75) is 12.5 Å². The minimum atomic E-state index is -0.243. The van der Waals surface area contributed by atoms with Crippen LogP contribution in [0.25, 0.3) is 21.9 Å². The molecule has 4 nitrogen and oxygen atoms in total. The van der Waals surface area contributed by atoms with Crippen LogP contribution in [0.5, 0.6) is 5.75 Å². The Morgan fingerprint density at radius 2 is 1.72 bits per heavy atom. The number of hydrogen-bond donors (Lipinski definition) is 2. The largest absolute Gasteiger partial charge is 0.507 e. The van der Waals surface area contributed by atoms with Crippen molar-refractivity contribution in [2.24, 2.45) is 0 Å². The van der Waals surface area contributed by atoms with Gasteiger partial charge < -0.3 is 15.2 Å². The smallest absolute Gasteiger partial charge is 0.307 e. The number of carbonyl (C=O) groups excluding carboxylic acids is 1. The first-order valence-corrected chi connectivity index (χ1v) is 8.19. The monoisotopic (exact) mass is 335 g/mol. The minimum Gasteiger partial charge on any atom is -0.507 e. The van der Waals surface area contributed by atoms with Crippen molar-refractivity contribution in [1.82, 2.24) is 5.32 Å². The van der Waals surface area contributed by atoms with Crippen LogP contribution in [0.15, 0.2) is 60.7 Å². The van der Waals surface area contributed by atoms with Gasteiger partial charge >= 0.3 is 5.97 Å². The van der Waals surface area contributed by atoms with Crippen LogP contribution in [-0.4, -0.2) is 25.2 Å². The normalized spacial score (nSPS) is 12.1. The number of hydrogen-bond acceptors (Lipinski definition) is 4. The van der Waals surface area contributed by atoms with E-state index in [0.717, 1.165) is 27.5 Å². The van der Waals surface area contributed by atoms with E-state index in [1.165, 1.54) is 7.11 Å². The molecule has 128 valence electrons. The highest BCUT2D eigenvalue weighted by Gasteiger charge is 2.15. The average molecular weight is 335 g/mol. The Hall–Kier alpha value is -2.85.